The molecule has 0 radical (unpaired) electrons. The first-order valence-corrected chi connectivity index (χ1v) is 6.41. The number of rotatable bonds is 1. The standard InChI is InChI=1S/C15H15N3O2/c1-20-15(19)18-14-16-9-13(17-14)12-8-4-6-10-5-2-3-7-11(10)12/h2-8,13H,9H2,1H3,(H2,16,17,18,19). The Morgan fingerprint density at radius 1 is 1.30 bits per heavy atom. The van der Waals surface area contributed by atoms with E-state index in [-0.39, 0.29) is 6.04 Å². The summed E-state index contributed by atoms with van der Waals surface area (Å²) in [5, 5.41) is 8.15. The van der Waals surface area contributed by atoms with E-state index >= 15 is 0 Å². The lowest BCUT2D eigenvalue weighted by Gasteiger charge is -2.14. The fraction of sp³-hybridized carbons (Fsp3) is 0.200. The summed E-state index contributed by atoms with van der Waals surface area (Å²) in [4.78, 5) is 15.5. The van der Waals surface area contributed by atoms with E-state index in [0.717, 1.165) is 0 Å². The normalized spacial score (nSPS) is 17.4. The maximum atomic E-state index is 11.2. The second-order valence-electron chi connectivity index (χ2n) is 4.57. The number of ether oxygens (including phenoxy) is 1. The molecular formula is C15H15N3O2. The molecule has 0 saturated heterocycles. The van der Waals surface area contributed by atoms with E-state index in [1.165, 1.54) is 23.4 Å². The highest BCUT2D eigenvalue weighted by atomic mass is 16.5. The van der Waals surface area contributed by atoms with E-state index in [0.29, 0.717) is 12.5 Å². The molecule has 20 heavy (non-hydrogen) atoms. The Bertz CT molecular complexity index is 676. The Kier molecular flexibility index (Phi) is 3.25. The fourth-order valence-corrected chi connectivity index (χ4v) is 2.39. The first kappa shape index (κ1) is 12.5. The number of guanidine groups is 1. The first-order valence-electron chi connectivity index (χ1n) is 6.41. The topological polar surface area (TPSA) is 62.7 Å². The second-order valence-corrected chi connectivity index (χ2v) is 4.57. The molecule has 3 rings (SSSR count). The average molecular weight is 269 g/mol. The van der Waals surface area contributed by atoms with E-state index in [1.807, 2.05) is 18.2 Å². The third-order valence-corrected chi connectivity index (χ3v) is 3.35. The van der Waals surface area contributed by atoms with Crippen LogP contribution in [-0.2, 0) is 4.74 Å². The molecule has 0 aliphatic carbocycles. The molecule has 5 heteroatoms. The minimum atomic E-state index is -0.519. The number of methoxy groups -OCH3 is 1. The van der Waals surface area contributed by atoms with Gasteiger partial charge in [-0.15, -0.1) is 0 Å². The third-order valence-electron chi connectivity index (χ3n) is 3.35. The van der Waals surface area contributed by atoms with Gasteiger partial charge in [0.05, 0.1) is 19.7 Å². The Labute approximate surface area is 116 Å². The van der Waals surface area contributed by atoms with Crippen LogP contribution >= 0.6 is 0 Å². The van der Waals surface area contributed by atoms with Crippen LogP contribution in [0.1, 0.15) is 11.6 Å². The number of nitrogens with zero attached hydrogens (tertiary/aromatic N) is 1. The SMILES string of the molecule is COC(=O)NC1=NCC(c2cccc3ccccc23)N1. The van der Waals surface area contributed by atoms with Crippen molar-refractivity contribution < 1.29 is 9.53 Å². The lowest BCUT2D eigenvalue weighted by atomic mass is 9.99. The van der Waals surface area contributed by atoms with Crippen molar-refractivity contribution in [3.05, 3.63) is 48.0 Å². The second kappa shape index (κ2) is 5.21. The summed E-state index contributed by atoms with van der Waals surface area (Å²) in [6.07, 6.45) is -0.519. The fourth-order valence-electron chi connectivity index (χ4n) is 2.39. The van der Waals surface area contributed by atoms with Crippen molar-refractivity contribution >= 4 is 22.8 Å². The molecule has 5 nitrogen and oxygen atoms in total. The smallest absolute Gasteiger partial charge is 0.413 e. The highest BCUT2D eigenvalue weighted by Crippen LogP contribution is 2.26. The van der Waals surface area contributed by atoms with Crippen LogP contribution in [0.5, 0.6) is 0 Å². The third kappa shape index (κ3) is 2.30. The van der Waals surface area contributed by atoms with Gasteiger partial charge >= 0.3 is 6.09 Å². The molecule has 102 valence electrons. The van der Waals surface area contributed by atoms with Crippen molar-refractivity contribution in [2.75, 3.05) is 13.7 Å². The van der Waals surface area contributed by atoms with Crippen molar-refractivity contribution in [1.82, 2.24) is 10.6 Å². The van der Waals surface area contributed by atoms with Gasteiger partial charge in [-0.1, -0.05) is 42.5 Å². The van der Waals surface area contributed by atoms with Crippen LogP contribution in [-0.4, -0.2) is 25.7 Å². The van der Waals surface area contributed by atoms with Gasteiger partial charge in [-0.2, -0.15) is 0 Å². The monoisotopic (exact) mass is 269 g/mol. The minimum Gasteiger partial charge on any atom is -0.453 e. The molecule has 1 aliphatic rings. The number of amides is 1. The zero-order chi connectivity index (χ0) is 13.9. The molecule has 1 unspecified atom stereocenters. The molecule has 1 atom stereocenters. The van der Waals surface area contributed by atoms with Crippen LogP contribution in [0.25, 0.3) is 10.8 Å². The van der Waals surface area contributed by atoms with Crippen LogP contribution in [0.3, 0.4) is 0 Å². The van der Waals surface area contributed by atoms with Gasteiger partial charge in [0.1, 0.15) is 0 Å². The number of fused-ring (bicyclic) bond motifs is 1. The number of carbonyl (C=O) groups excluding carboxylic acids is 1. The van der Waals surface area contributed by atoms with Gasteiger partial charge in [0.15, 0.2) is 0 Å². The van der Waals surface area contributed by atoms with Crippen molar-refractivity contribution in [3.8, 4) is 0 Å². The summed E-state index contributed by atoms with van der Waals surface area (Å²) < 4.78 is 4.55. The number of alkyl carbamates (subject to hydrolysis) is 1. The number of hydrogen-bond donors (Lipinski definition) is 2. The summed E-state index contributed by atoms with van der Waals surface area (Å²) in [5.41, 5.74) is 1.17. The molecule has 0 fully saturated rings. The molecule has 0 spiro atoms. The van der Waals surface area contributed by atoms with Gasteiger partial charge in [-0.25, -0.2) is 4.79 Å². The van der Waals surface area contributed by atoms with Gasteiger partial charge in [0, 0.05) is 0 Å². The summed E-state index contributed by atoms with van der Waals surface area (Å²) in [5.74, 6) is 0.454. The molecule has 1 aliphatic heterocycles. The number of carbonyl (C=O) groups is 1. The molecule has 0 aromatic heterocycles. The van der Waals surface area contributed by atoms with E-state index in [1.54, 1.807) is 0 Å². The number of hydrogen-bond acceptors (Lipinski definition) is 4. The summed E-state index contributed by atoms with van der Waals surface area (Å²) in [7, 11) is 1.33. The van der Waals surface area contributed by atoms with E-state index in [2.05, 4.69) is 44.6 Å². The average Bonchev–Trinajstić information content (AvgIpc) is 2.94. The molecule has 2 aromatic rings. The number of aliphatic imine (C=N–C) groups is 1. The van der Waals surface area contributed by atoms with Crippen LogP contribution in [0.2, 0.25) is 0 Å². The largest absolute Gasteiger partial charge is 0.453 e. The maximum Gasteiger partial charge on any atom is 0.413 e. The Morgan fingerprint density at radius 3 is 2.95 bits per heavy atom. The Hall–Kier alpha value is -2.56. The summed E-state index contributed by atoms with van der Waals surface area (Å²) >= 11 is 0. The van der Waals surface area contributed by atoms with E-state index in [9.17, 15) is 4.79 Å². The first-order chi connectivity index (χ1) is 9.78. The molecule has 2 aromatic carbocycles. The zero-order valence-electron chi connectivity index (χ0n) is 11.1. The van der Waals surface area contributed by atoms with E-state index in [4.69, 9.17) is 0 Å². The van der Waals surface area contributed by atoms with Gasteiger partial charge in [-0.3, -0.25) is 10.3 Å². The number of nitrogens with one attached hydrogen (secondary N) is 2. The Balaban J connectivity index is 1.83. The molecule has 0 bridgehead atoms. The predicted octanol–water partition coefficient (Wildman–Crippen LogP) is 2.20. The highest BCUT2D eigenvalue weighted by Gasteiger charge is 2.21. The van der Waals surface area contributed by atoms with Gasteiger partial charge in [0.2, 0.25) is 5.96 Å². The van der Waals surface area contributed by atoms with Crippen molar-refractivity contribution in [2.45, 2.75) is 6.04 Å². The van der Waals surface area contributed by atoms with Crippen molar-refractivity contribution in [3.63, 3.8) is 0 Å². The van der Waals surface area contributed by atoms with Crippen LogP contribution in [0, 0.1) is 0 Å². The van der Waals surface area contributed by atoms with Crippen molar-refractivity contribution in [1.29, 1.82) is 0 Å². The lowest BCUT2D eigenvalue weighted by Crippen LogP contribution is -2.39. The predicted molar refractivity (Wildman–Crippen MR) is 77.7 cm³/mol. The number of benzene rings is 2. The molecular weight excluding hydrogens is 254 g/mol. The lowest BCUT2D eigenvalue weighted by molar-refractivity contribution is 0.176. The van der Waals surface area contributed by atoms with E-state index < -0.39 is 6.09 Å². The van der Waals surface area contributed by atoms with Gasteiger partial charge in [-0.05, 0) is 16.3 Å². The molecule has 1 amide bonds. The maximum absolute atomic E-state index is 11.2. The molecule has 1 heterocycles. The van der Waals surface area contributed by atoms with Gasteiger partial charge in [0.25, 0.3) is 0 Å². The summed E-state index contributed by atoms with van der Waals surface area (Å²) in [6, 6.07) is 14.5. The van der Waals surface area contributed by atoms with Gasteiger partial charge < -0.3 is 10.1 Å². The summed E-state index contributed by atoms with van der Waals surface area (Å²) in [6.45, 7) is 0.591. The van der Waals surface area contributed by atoms with Crippen LogP contribution < -0.4 is 10.6 Å². The molecule has 0 saturated carbocycles. The minimum absolute atomic E-state index is 0.0632. The van der Waals surface area contributed by atoms with Crippen molar-refractivity contribution in [2.24, 2.45) is 4.99 Å². The Morgan fingerprint density at radius 2 is 2.10 bits per heavy atom. The molecule has 2 N–H and O–H groups in total. The van der Waals surface area contributed by atoms with Crippen LogP contribution in [0.4, 0.5) is 4.79 Å². The highest BCUT2D eigenvalue weighted by molar-refractivity contribution is 5.95. The quantitative estimate of drug-likeness (QED) is 0.834. The van der Waals surface area contributed by atoms with Crippen LogP contribution in [0.15, 0.2) is 47.5 Å². The zero-order valence-corrected chi connectivity index (χ0v) is 11.1.